The molecule has 1 saturated carbocycles. The average Bonchev–Trinajstić information content (AvgIpc) is 3.11. The van der Waals surface area contributed by atoms with Crippen molar-refractivity contribution in [3.05, 3.63) is 58.8 Å². The van der Waals surface area contributed by atoms with Crippen molar-refractivity contribution >= 4 is 5.78 Å². The molecule has 160 valence electrons. The first-order valence-corrected chi connectivity index (χ1v) is 10.8. The molecule has 1 aliphatic carbocycles. The van der Waals surface area contributed by atoms with Crippen molar-refractivity contribution in [3.63, 3.8) is 0 Å². The van der Waals surface area contributed by atoms with Crippen LogP contribution >= 0.6 is 0 Å². The lowest BCUT2D eigenvalue weighted by molar-refractivity contribution is -0.127. The van der Waals surface area contributed by atoms with Gasteiger partial charge in [-0.3, -0.25) is 9.78 Å². The number of nitrogens with zero attached hydrogens (tertiary/aromatic N) is 5. The van der Waals surface area contributed by atoms with Gasteiger partial charge < -0.3 is 10.1 Å². The van der Waals surface area contributed by atoms with Gasteiger partial charge in [-0.05, 0) is 56.4 Å². The molecule has 0 amide bonds. The summed E-state index contributed by atoms with van der Waals surface area (Å²) in [5.74, 6) is 1.05. The van der Waals surface area contributed by atoms with E-state index in [-0.39, 0.29) is 12.0 Å². The summed E-state index contributed by atoms with van der Waals surface area (Å²) >= 11 is 0. The van der Waals surface area contributed by atoms with Crippen LogP contribution in [-0.2, 0) is 17.8 Å². The van der Waals surface area contributed by atoms with Gasteiger partial charge in [-0.2, -0.15) is 0 Å². The molecule has 3 aromatic heterocycles. The van der Waals surface area contributed by atoms with Crippen molar-refractivity contribution in [2.45, 2.75) is 52.2 Å². The van der Waals surface area contributed by atoms with Crippen LogP contribution in [0.4, 0.5) is 0 Å². The maximum Gasteiger partial charge on any atom is 0.213 e. The molecule has 1 aliphatic heterocycles. The minimum Gasteiger partial charge on any atom is -0.471 e. The summed E-state index contributed by atoms with van der Waals surface area (Å²) in [6.07, 6.45) is 7.61. The largest absolute Gasteiger partial charge is 0.471 e. The monoisotopic (exact) mass is 418 g/mol. The van der Waals surface area contributed by atoms with E-state index < -0.39 is 0 Å². The number of Topliss-reactive ketones (excluding diaryl/α,β-unsaturated/α-hetero) is 1. The highest BCUT2D eigenvalue weighted by atomic mass is 16.5. The molecular weight excluding hydrogens is 392 g/mol. The lowest BCUT2D eigenvalue weighted by Crippen LogP contribution is -2.39. The van der Waals surface area contributed by atoms with Crippen LogP contribution in [0, 0.1) is 19.8 Å². The molecule has 5 rings (SSSR count). The minimum atomic E-state index is -0.238. The number of ether oxygens (including phenoxy) is 1. The van der Waals surface area contributed by atoms with Gasteiger partial charge in [-0.1, -0.05) is 11.6 Å². The van der Waals surface area contributed by atoms with E-state index in [1.807, 2.05) is 32.0 Å². The molecule has 0 spiro atoms. The zero-order valence-electron chi connectivity index (χ0n) is 17.8. The number of fused-ring (bicyclic) bond motifs is 1. The van der Waals surface area contributed by atoms with Gasteiger partial charge in [-0.15, -0.1) is 5.10 Å². The van der Waals surface area contributed by atoms with Gasteiger partial charge in [0.1, 0.15) is 12.3 Å². The maximum absolute atomic E-state index is 12.8. The minimum absolute atomic E-state index is 0.200. The van der Waals surface area contributed by atoms with Crippen molar-refractivity contribution in [1.82, 2.24) is 30.3 Å². The van der Waals surface area contributed by atoms with Gasteiger partial charge >= 0.3 is 0 Å². The molecule has 31 heavy (non-hydrogen) atoms. The lowest BCUT2D eigenvalue weighted by atomic mass is 9.77. The van der Waals surface area contributed by atoms with Crippen LogP contribution in [0.1, 0.15) is 53.5 Å². The van der Waals surface area contributed by atoms with Crippen molar-refractivity contribution in [2.75, 3.05) is 6.54 Å². The highest BCUT2D eigenvalue weighted by molar-refractivity contribution is 5.88. The highest BCUT2D eigenvalue weighted by Gasteiger charge is 2.34. The molecule has 8 heteroatoms. The molecule has 1 atom stereocenters. The maximum atomic E-state index is 12.8. The molecule has 1 N–H and O–H groups in total. The molecule has 3 aromatic rings. The fraction of sp³-hybridized carbons (Fsp3) is 0.435. The molecular formula is C23H26N6O2. The number of rotatable bonds is 6. The molecule has 1 fully saturated rings. The Balaban J connectivity index is 1.34. The predicted molar refractivity (Wildman–Crippen MR) is 114 cm³/mol. The van der Waals surface area contributed by atoms with E-state index >= 15 is 0 Å². The standard InChI is InChI=1S/C23H26N6O2/c1-14-6-7-18(11-25-14)29-20(15(2)27-28-29)13-31-21-10-17-8-9-24-22(19(17)12-26-21)23(30)16-4-3-5-16/h6-7,10-12,16,22,24H,3-5,8-9,13H2,1-2H3. The van der Waals surface area contributed by atoms with Crippen LogP contribution in [0.5, 0.6) is 5.88 Å². The predicted octanol–water partition coefficient (Wildman–Crippen LogP) is 2.81. The number of pyridine rings is 2. The smallest absolute Gasteiger partial charge is 0.213 e. The van der Waals surface area contributed by atoms with Crippen LogP contribution in [0.25, 0.3) is 5.69 Å². The van der Waals surface area contributed by atoms with Crippen LogP contribution in [0.15, 0.2) is 30.6 Å². The van der Waals surface area contributed by atoms with E-state index in [4.69, 9.17) is 4.74 Å². The fourth-order valence-corrected chi connectivity index (χ4v) is 4.16. The number of carbonyl (C=O) groups is 1. The Kier molecular flexibility index (Phi) is 5.23. The lowest BCUT2D eigenvalue weighted by Gasteiger charge is -2.32. The Bertz CT molecular complexity index is 1100. The second-order valence-electron chi connectivity index (χ2n) is 8.37. The number of ketones is 1. The van der Waals surface area contributed by atoms with Crippen LogP contribution in [0.3, 0.4) is 0 Å². The van der Waals surface area contributed by atoms with E-state index in [0.717, 1.165) is 66.1 Å². The molecule has 0 bridgehead atoms. The van der Waals surface area contributed by atoms with E-state index in [2.05, 4.69) is 25.6 Å². The van der Waals surface area contributed by atoms with Crippen LogP contribution in [-0.4, -0.2) is 37.3 Å². The third-order valence-electron chi connectivity index (χ3n) is 6.30. The van der Waals surface area contributed by atoms with E-state index in [0.29, 0.717) is 18.3 Å². The Morgan fingerprint density at radius 2 is 2.10 bits per heavy atom. The SMILES string of the molecule is Cc1ccc(-n2nnc(C)c2COc2cc3c(cn2)C(C(=O)C2CCC2)NCC3)cn1. The van der Waals surface area contributed by atoms with Gasteiger partial charge in [0.25, 0.3) is 0 Å². The fourth-order valence-electron chi connectivity index (χ4n) is 4.16. The van der Waals surface area contributed by atoms with Gasteiger partial charge in [0.15, 0.2) is 5.78 Å². The summed E-state index contributed by atoms with van der Waals surface area (Å²) in [5.41, 5.74) is 5.56. The normalized spacial score (nSPS) is 18.3. The van der Waals surface area contributed by atoms with Gasteiger partial charge in [0.2, 0.25) is 5.88 Å². The summed E-state index contributed by atoms with van der Waals surface area (Å²) in [5, 5.41) is 11.8. The molecule has 8 nitrogen and oxygen atoms in total. The Morgan fingerprint density at radius 3 is 2.84 bits per heavy atom. The number of nitrogens with one attached hydrogen (secondary N) is 1. The molecule has 0 aromatic carbocycles. The summed E-state index contributed by atoms with van der Waals surface area (Å²) in [6, 6.07) is 5.63. The second kappa shape index (κ2) is 8.19. The summed E-state index contributed by atoms with van der Waals surface area (Å²) < 4.78 is 7.77. The van der Waals surface area contributed by atoms with E-state index in [9.17, 15) is 4.79 Å². The number of hydrogen-bond donors (Lipinski definition) is 1. The van der Waals surface area contributed by atoms with Gasteiger partial charge in [0.05, 0.1) is 23.6 Å². The van der Waals surface area contributed by atoms with Crippen molar-refractivity contribution in [1.29, 1.82) is 0 Å². The zero-order valence-corrected chi connectivity index (χ0v) is 17.8. The first-order valence-electron chi connectivity index (χ1n) is 10.8. The zero-order chi connectivity index (χ0) is 21.4. The molecule has 0 radical (unpaired) electrons. The Hall–Kier alpha value is -3.13. The summed E-state index contributed by atoms with van der Waals surface area (Å²) in [6.45, 7) is 4.94. The third kappa shape index (κ3) is 3.83. The van der Waals surface area contributed by atoms with Crippen LogP contribution < -0.4 is 10.1 Å². The number of aromatic nitrogens is 5. The van der Waals surface area contributed by atoms with Crippen molar-refractivity contribution < 1.29 is 9.53 Å². The Labute approximate surface area is 181 Å². The van der Waals surface area contributed by atoms with E-state index in [1.54, 1.807) is 17.1 Å². The molecule has 1 unspecified atom stereocenters. The number of hydrogen-bond acceptors (Lipinski definition) is 7. The van der Waals surface area contributed by atoms with Gasteiger partial charge in [-0.25, -0.2) is 9.67 Å². The average molecular weight is 419 g/mol. The first-order chi connectivity index (χ1) is 15.1. The van der Waals surface area contributed by atoms with Crippen molar-refractivity contribution in [3.8, 4) is 11.6 Å². The number of carbonyl (C=O) groups excluding carboxylic acids is 1. The van der Waals surface area contributed by atoms with Crippen molar-refractivity contribution in [2.24, 2.45) is 5.92 Å². The first kappa shape index (κ1) is 19.8. The molecule has 4 heterocycles. The topological polar surface area (TPSA) is 94.8 Å². The Morgan fingerprint density at radius 1 is 1.23 bits per heavy atom. The molecule has 0 saturated heterocycles. The van der Waals surface area contributed by atoms with Crippen LogP contribution in [0.2, 0.25) is 0 Å². The van der Waals surface area contributed by atoms with Gasteiger partial charge in [0, 0.05) is 30.4 Å². The number of aryl methyl sites for hydroxylation is 2. The third-order valence-corrected chi connectivity index (χ3v) is 6.30. The quantitative estimate of drug-likeness (QED) is 0.658. The summed E-state index contributed by atoms with van der Waals surface area (Å²) in [4.78, 5) is 21.6. The van der Waals surface area contributed by atoms with E-state index in [1.165, 1.54) is 0 Å². The highest BCUT2D eigenvalue weighted by Crippen LogP contribution is 2.34. The summed E-state index contributed by atoms with van der Waals surface area (Å²) in [7, 11) is 0. The second-order valence-corrected chi connectivity index (χ2v) is 8.37. The molecule has 2 aliphatic rings.